The van der Waals surface area contributed by atoms with Crippen molar-refractivity contribution in [3.05, 3.63) is 35.4 Å². The number of rotatable bonds is 4. The van der Waals surface area contributed by atoms with E-state index in [1.807, 2.05) is 0 Å². The second-order valence-electron chi connectivity index (χ2n) is 9.74. The predicted octanol–water partition coefficient (Wildman–Crippen LogP) is 3.66. The van der Waals surface area contributed by atoms with E-state index in [1.54, 1.807) is 41.5 Å². The summed E-state index contributed by atoms with van der Waals surface area (Å²) in [6.07, 6.45) is -0.346. The van der Waals surface area contributed by atoms with Crippen LogP contribution in [0.15, 0.2) is 18.2 Å². The summed E-state index contributed by atoms with van der Waals surface area (Å²) in [5, 5.41) is 2.54. The summed E-state index contributed by atoms with van der Waals surface area (Å²) in [6.45, 7) is 10.4. The lowest BCUT2D eigenvalue weighted by Gasteiger charge is -2.31. The summed E-state index contributed by atoms with van der Waals surface area (Å²) in [6, 6.07) is 2.61. The van der Waals surface area contributed by atoms with Crippen molar-refractivity contribution in [2.45, 2.75) is 59.2 Å². The highest BCUT2D eigenvalue weighted by molar-refractivity contribution is 5.95. The maximum absolute atomic E-state index is 13.9. The van der Waals surface area contributed by atoms with E-state index < -0.39 is 46.2 Å². The Labute approximate surface area is 181 Å². The van der Waals surface area contributed by atoms with E-state index in [9.17, 15) is 23.2 Å². The Hall–Kier alpha value is -2.71. The van der Waals surface area contributed by atoms with Crippen molar-refractivity contribution in [3.8, 4) is 0 Å². The van der Waals surface area contributed by atoms with Crippen LogP contribution in [0.2, 0.25) is 0 Å². The molecule has 0 aliphatic carbocycles. The molecule has 0 aromatic heterocycles. The molecule has 1 N–H and O–H groups in total. The van der Waals surface area contributed by atoms with Gasteiger partial charge >= 0.3 is 12.1 Å². The molecule has 0 saturated carbocycles. The molecule has 172 valence electrons. The number of hydrogen-bond donors (Lipinski definition) is 1. The van der Waals surface area contributed by atoms with Crippen LogP contribution in [0.4, 0.5) is 13.6 Å². The number of carbonyl (C=O) groups excluding carboxylic acids is 3. The molecule has 7 nitrogen and oxygen atoms in total. The third kappa shape index (κ3) is 6.63. The summed E-state index contributed by atoms with van der Waals surface area (Å²) in [5.41, 5.74) is -3.06. The molecule has 1 saturated heterocycles. The molecule has 1 aliphatic heterocycles. The van der Waals surface area contributed by atoms with Gasteiger partial charge in [0.2, 0.25) is 0 Å². The third-order valence-corrected chi connectivity index (χ3v) is 4.60. The zero-order valence-electron chi connectivity index (χ0n) is 18.8. The van der Waals surface area contributed by atoms with Gasteiger partial charge in [-0.1, -0.05) is 0 Å². The van der Waals surface area contributed by atoms with E-state index in [1.165, 1.54) is 4.90 Å². The Bertz CT molecular complexity index is 860. The normalized spacial score (nSPS) is 19.2. The summed E-state index contributed by atoms with van der Waals surface area (Å²) in [4.78, 5) is 39.3. The molecule has 1 aliphatic rings. The molecule has 1 heterocycles. The van der Waals surface area contributed by atoms with Crippen LogP contribution in [0.3, 0.4) is 0 Å². The topological polar surface area (TPSA) is 84.9 Å². The maximum Gasteiger partial charge on any atom is 0.410 e. The van der Waals surface area contributed by atoms with E-state index >= 15 is 0 Å². The molecule has 1 aromatic carbocycles. The average Bonchev–Trinajstić information content (AvgIpc) is 3.03. The minimum absolute atomic E-state index is 0.0248. The molecule has 1 fully saturated rings. The first kappa shape index (κ1) is 24.6. The minimum Gasteiger partial charge on any atom is -0.459 e. The lowest BCUT2D eigenvalue weighted by Crippen LogP contribution is -2.48. The zero-order chi connectivity index (χ0) is 23.6. The fourth-order valence-electron chi connectivity index (χ4n) is 3.14. The summed E-state index contributed by atoms with van der Waals surface area (Å²) >= 11 is 0. The molecule has 2 amide bonds. The number of esters is 1. The van der Waals surface area contributed by atoms with Gasteiger partial charge in [0.1, 0.15) is 28.3 Å². The summed E-state index contributed by atoms with van der Waals surface area (Å²) in [5.74, 6) is -3.18. The number of carbonyl (C=O) groups is 3. The van der Waals surface area contributed by atoms with Gasteiger partial charge in [-0.15, -0.1) is 0 Å². The Morgan fingerprint density at radius 3 is 2.23 bits per heavy atom. The Balaban J connectivity index is 2.20. The van der Waals surface area contributed by atoms with Gasteiger partial charge in [-0.2, -0.15) is 0 Å². The molecule has 1 atom stereocenters. The van der Waals surface area contributed by atoms with E-state index in [0.29, 0.717) is 6.07 Å². The number of halogens is 2. The first-order chi connectivity index (χ1) is 14.1. The van der Waals surface area contributed by atoms with Gasteiger partial charge in [-0.3, -0.25) is 9.59 Å². The molecular formula is C22H30F2N2O5. The average molecular weight is 440 g/mol. The van der Waals surface area contributed by atoms with Crippen molar-refractivity contribution in [2.75, 3.05) is 19.6 Å². The second-order valence-corrected chi connectivity index (χ2v) is 9.74. The fraction of sp³-hybridized carbons (Fsp3) is 0.591. The molecule has 0 bridgehead atoms. The largest absolute Gasteiger partial charge is 0.459 e. The lowest BCUT2D eigenvalue weighted by atomic mass is 9.86. The first-order valence-corrected chi connectivity index (χ1v) is 10.1. The number of benzene rings is 1. The van der Waals surface area contributed by atoms with E-state index in [-0.39, 0.29) is 31.6 Å². The molecule has 9 heteroatoms. The number of nitrogens with one attached hydrogen (secondary N) is 1. The van der Waals surface area contributed by atoms with E-state index in [4.69, 9.17) is 9.47 Å². The fourth-order valence-corrected chi connectivity index (χ4v) is 3.14. The zero-order valence-corrected chi connectivity index (χ0v) is 18.8. The van der Waals surface area contributed by atoms with Crippen LogP contribution < -0.4 is 5.32 Å². The lowest BCUT2D eigenvalue weighted by molar-refractivity contribution is -0.166. The SMILES string of the molecule is CC(C)(C)OC(=O)N1CC[C@@](CNC(=O)c2ccc(F)cc2F)(C(=O)OC(C)(C)C)C1. The van der Waals surface area contributed by atoms with E-state index in [2.05, 4.69) is 5.32 Å². The van der Waals surface area contributed by atoms with Gasteiger partial charge in [-0.05, 0) is 60.1 Å². The molecule has 0 radical (unpaired) electrons. The van der Waals surface area contributed by atoms with Gasteiger partial charge < -0.3 is 19.7 Å². The molecule has 2 rings (SSSR count). The monoisotopic (exact) mass is 440 g/mol. The van der Waals surface area contributed by atoms with Crippen molar-refractivity contribution >= 4 is 18.0 Å². The van der Waals surface area contributed by atoms with Crippen LogP contribution in [-0.4, -0.2) is 53.7 Å². The van der Waals surface area contributed by atoms with Gasteiger partial charge in [-0.25, -0.2) is 13.6 Å². The van der Waals surface area contributed by atoms with Gasteiger partial charge in [0, 0.05) is 25.7 Å². The molecule has 0 spiro atoms. The smallest absolute Gasteiger partial charge is 0.410 e. The predicted molar refractivity (Wildman–Crippen MR) is 109 cm³/mol. The number of amides is 2. The van der Waals surface area contributed by atoms with Crippen LogP contribution in [0, 0.1) is 17.0 Å². The molecular weight excluding hydrogens is 410 g/mol. The Morgan fingerprint density at radius 2 is 1.68 bits per heavy atom. The van der Waals surface area contributed by atoms with Crippen LogP contribution in [0.5, 0.6) is 0 Å². The number of hydrogen-bond acceptors (Lipinski definition) is 5. The first-order valence-electron chi connectivity index (χ1n) is 10.1. The van der Waals surface area contributed by atoms with Crippen LogP contribution in [0.25, 0.3) is 0 Å². The highest BCUT2D eigenvalue weighted by atomic mass is 19.1. The number of nitrogens with zero attached hydrogens (tertiary/aromatic N) is 1. The number of likely N-dealkylation sites (tertiary alicyclic amines) is 1. The Morgan fingerprint density at radius 1 is 1.06 bits per heavy atom. The molecule has 0 unspecified atom stereocenters. The van der Waals surface area contributed by atoms with Gasteiger partial charge in [0.25, 0.3) is 5.91 Å². The molecule has 1 aromatic rings. The highest BCUT2D eigenvalue weighted by Crippen LogP contribution is 2.34. The Kier molecular flexibility index (Phi) is 6.97. The number of ether oxygens (including phenoxy) is 2. The van der Waals surface area contributed by atoms with Crippen molar-refractivity contribution in [1.82, 2.24) is 10.2 Å². The van der Waals surface area contributed by atoms with Crippen LogP contribution in [-0.2, 0) is 14.3 Å². The van der Waals surface area contributed by atoms with Gasteiger partial charge in [0.05, 0.1) is 5.56 Å². The minimum atomic E-state index is -1.23. The van der Waals surface area contributed by atoms with Crippen molar-refractivity contribution in [3.63, 3.8) is 0 Å². The second kappa shape index (κ2) is 8.80. The quantitative estimate of drug-likeness (QED) is 0.723. The van der Waals surface area contributed by atoms with Crippen molar-refractivity contribution in [1.29, 1.82) is 0 Å². The molecule has 31 heavy (non-hydrogen) atoms. The summed E-state index contributed by atoms with van der Waals surface area (Å²) < 4.78 is 38.0. The third-order valence-electron chi connectivity index (χ3n) is 4.60. The van der Waals surface area contributed by atoms with E-state index in [0.717, 1.165) is 12.1 Å². The summed E-state index contributed by atoms with van der Waals surface area (Å²) in [7, 11) is 0. The van der Waals surface area contributed by atoms with Crippen LogP contribution in [0.1, 0.15) is 58.3 Å². The van der Waals surface area contributed by atoms with Crippen molar-refractivity contribution in [2.24, 2.45) is 5.41 Å². The van der Waals surface area contributed by atoms with Crippen LogP contribution >= 0.6 is 0 Å². The maximum atomic E-state index is 13.9. The standard InChI is InChI=1S/C22H30F2N2O5/c1-20(2,3)30-18(28)22(9-10-26(13-22)19(29)31-21(4,5)6)12-25-17(27)15-8-7-14(23)11-16(15)24/h7-8,11H,9-10,12-13H2,1-6H3,(H,25,27)/t22-/m0/s1. The van der Waals surface area contributed by atoms with Gasteiger partial charge in [0.15, 0.2) is 0 Å². The highest BCUT2D eigenvalue weighted by Gasteiger charge is 2.49. The van der Waals surface area contributed by atoms with Crippen molar-refractivity contribution < 1.29 is 32.6 Å².